The standard InChI is InChI=1S/C31H31N5O5/c1-39-22-10-8-21(9-11-22)36-28(19-26(33-36)24-13-12-23(40-2)18-29(24)41-3)30(37)34-16-14-20(15-17-34)35-27-7-5-4-6-25(27)32-31(35)38/h4-13,18-20H,14-17H2,1-3H3,(H,32,38). The molecular formula is C31H31N5O5. The second kappa shape index (κ2) is 10.9. The number of amides is 1. The lowest BCUT2D eigenvalue weighted by molar-refractivity contribution is 0.0685. The fourth-order valence-electron chi connectivity index (χ4n) is 5.52. The van der Waals surface area contributed by atoms with Crippen LogP contribution in [0, 0.1) is 0 Å². The molecule has 1 saturated heterocycles. The fourth-order valence-corrected chi connectivity index (χ4v) is 5.52. The van der Waals surface area contributed by atoms with Crippen molar-refractivity contribution in [2.45, 2.75) is 18.9 Å². The van der Waals surface area contributed by atoms with Crippen LogP contribution in [-0.4, -0.2) is 64.6 Å². The number of nitrogens with zero attached hydrogens (tertiary/aromatic N) is 4. The lowest BCUT2D eigenvalue weighted by Crippen LogP contribution is -2.41. The van der Waals surface area contributed by atoms with E-state index in [-0.39, 0.29) is 17.6 Å². The molecule has 1 amide bonds. The number of para-hydroxylation sites is 2. The number of likely N-dealkylation sites (tertiary alicyclic amines) is 1. The van der Waals surface area contributed by atoms with Crippen LogP contribution in [0.1, 0.15) is 29.4 Å². The first-order valence-electron chi connectivity index (χ1n) is 13.5. The summed E-state index contributed by atoms with van der Waals surface area (Å²) in [6.45, 7) is 1.04. The van der Waals surface area contributed by atoms with Gasteiger partial charge < -0.3 is 24.1 Å². The number of aromatic amines is 1. The number of hydrogen-bond acceptors (Lipinski definition) is 6. The van der Waals surface area contributed by atoms with Crippen LogP contribution in [0.5, 0.6) is 17.2 Å². The molecule has 41 heavy (non-hydrogen) atoms. The Kier molecular flexibility index (Phi) is 6.96. The number of carbonyl (C=O) groups excluding carboxylic acids is 1. The number of H-pyrrole nitrogens is 1. The maximum absolute atomic E-state index is 14.0. The minimum absolute atomic E-state index is 0.00770. The predicted molar refractivity (Wildman–Crippen MR) is 155 cm³/mol. The van der Waals surface area contributed by atoms with Gasteiger partial charge in [-0.2, -0.15) is 5.10 Å². The van der Waals surface area contributed by atoms with Crippen molar-refractivity contribution in [3.8, 4) is 34.2 Å². The lowest BCUT2D eigenvalue weighted by Gasteiger charge is -2.32. The summed E-state index contributed by atoms with van der Waals surface area (Å²) in [5, 5.41) is 4.85. The molecule has 0 atom stereocenters. The van der Waals surface area contributed by atoms with Crippen LogP contribution < -0.4 is 19.9 Å². The summed E-state index contributed by atoms with van der Waals surface area (Å²) in [4.78, 5) is 31.5. The highest BCUT2D eigenvalue weighted by Gasteiger charge is 2.29. The highest BCUT2D eigenvalue weighted by Crippen LogP contribution is 2.34. The molecule has 0 saturated carbocycles. The Bertz CT molecular complexity index is 1760. The Morgan fingerprint density at radius 1 is 0.878 bits per heavy atom. The molecule has 2 aromatic heterocycles. The Balaban J connectivity index is 1.32. The Morgan fingerprint density at radius 3 is 2.29 bits per heavy atom. The summed E-state index contributed by atoms with van der Waals surface area (Å²) < 4.78 is 19.8. The van der Waals surface area contributed by atoms with Crippen molar-refractivity contribution in [2.24, 2.45) is 0 Å². The van der Waals surface area contributed by atoms with Crippen LogP contribution in [0.25, 0.3) is 28.0 Å². The molecule has 6 rings (SSSR count). The molecule has 0 bridgehead atoms. The second-order valence-electron chi connectivity index (χ2n) is 9.93. The van der Waals surface area contributed by atoms with Crippen molar-refractivity contribution in [1.82, 2.24) is 24.2 Å². The van der Waals surface area contributed by atoms with E-state index in [0.29, 0.717) is 54.6 Å². The van der Waals surface area contributed by atoms with Gasteiger partial charge >= 0.3 is 5.69 Å². The highest BCUT2D eigenvalue weighted by molar-refractivity contribution is 5.94. The van der Waals surface area contributed by atoms with Crippen molar-refractivity contribution >= 4 is 16.9 Å². The van der Waals surface area contributed by atoms with E-state index < -0.39 is 0 Å². The van der Waals surface area contributed by atoms with Crippen LogP contribution in [0.2, 0.25) is 0 Å². The van der Waals surface area contributed by atoms with Gasteiger partial charge in [0.15, 0.2) is 0 Å². The van der Waals surface area contributed by atoms with Gasteiger partial charge in [0.1, 0.15) is 22.9 Å². The van der Waals surface area contributed by atoms with E-state index in [1.54, 1.807) is 38.1 Å². The third kappa shape index (κ3) is 4.82. The zero-order valence-electron chi connectivity index (χ0n) is 23.2. The predicted octanol–water partition coefficient (Wildman–Crippen LogP) is 4.69. The number of aromatic nitrogens is 4. The summed E-state index contributed by atoms with van der Waals surface area (Å²) in [6.07, 6.45) is 1.34. The van der Waals surface area contributed by atoms with Gasteiger partial charge in [0.05, 0.1) is 43.7 Å². The maximum Gasteiger partial charge on any atom is 0.326 e. The molecule has 10 heteroatoms. The molecule has 1 fully saturated rings. The van der Waals surface area contributed by atoms with E-state index in [1.807, 2.05) is 70.1 Å². The third-order valence-corrected chi connectivity index (χ3v) is 7.67. The van der Waals surface area contributed by atoms with Crippen LogP contribution in [0.15, 0.2) is 77.6 Å². The van der Waals surface area contributed by atoms with E-state index in [1.165, 1.54) is 0 Å². The average molecular weight is 554 g/mol. The normalized spacial score (nSPS) is 13.9. The van der Waals surface area contributed by atoms with Gasteiger partial charge in [-0.25, -0.2) is 9.48 Å². The van der Waals surface area contributed by atoms with Gasteiger partial charge in [0.2, 0.25) is 0 Å². The molecule has 3 heterocycles. The van der Waals surface area contributed by atoms with Gasteiger partial charge in [-0.3, -0.25) is 9.36 Å². The van der Waals surface area contributed by atoms with Crippen molar-refractivity contribution < 1.29 is 19.0 Å². The lowest BCUT2D eigenvalue weighted by atomic mass is 10.0. The van der Waals surface area contributed by atoms with Crippen LogP contribution in [0.4, 0.5) is 0 Å². The van der Waals surface area contributed by atoms with Crippen molar-refractivity contribution in [3.63, 3.8) is 0 Å². The first-order chi connectivity index (χ1) is 20.0. The second-order valence-corrected chi connectivity index (χ2v) is 9.93. The third-order valence-electron chi connectivity index (χ3n) is 7.67. The minimum atomic E-state index is -0.128. The number of ether oxygens (including phenoxy) is 3. The number of piperidine rings is 1. The van der Waals surface area contributed by atoms with Crippen molar-refractivity contribution in [1.29, 1.82) is 0 Å². The van der Waals surface area contributed by atoms with E-state index in [2.05, 4.69) is 4.98 Å². The molecule has 0 aliphatic carbocycles. The van der Waals surface area contributed by atoms with Gasteiger partial charge in [-0.05, 0) is 67.4 Å². The quantitative estimate of drug-likeness (QED) is 0.314. The van der Waals surface area contributed by atoms with E-state index in [0.717, 1.165) is 22.3 Å². The van der Waals surface area contributed by atoms with Crippen molar-refractivity contribution in [2.75, 3.05) is 34.4 Å². The summed E-state index contributed by atoms with van der Waals surface area (Å²) in [6, 6.07) is 22.4. The molecule has 1 N–H and O–H groups in total. The Morgan fingerprint density at radius 2 is 1.59 bits per heavy atom. The smallest absolute Gasteiger partial charge is 0.326 e. The summed E-state index contributed by atoms with van der Waals surface area (Å²) >= 11 is 0. The van der Waals surface area contributed by atoms with Crippen LogP contribution in [-0.2, 0) is 0 Å². The number of nitrogens with one attached hydrogen (secondary N) is 1. The zero-order valence-corrected chi connectivity index (χ0v) is 23.2. The molecule has 10 nitrogen and oxygen atoms in total. The van der Waals surface area contributed by atoms with E-state index in [4.69, 9.17) is 19.3 Å². The molecule has 1 aliphatic heterocycles. The van der Waals surface area contributed by atoms with Gasteiger partial charge in [0.25, 0.3) is 5.91 Å². The fraction of sp³-hybridized carbons (Fsp3) is 0.258. The number of hydrogen-bond donors (Lipinski definition) is 1. The first-order valence-corrected chi connectivity index (χ1v) is 13.5. The number of fused-ring (bicyclic) bond motifs is 1. The summed E-state index contributed by atoms with van der Waals surface area (Å²) in [7, 11) is 4.80. The number of rotatable bonds is 7. The summed E-state index contributed by atoms with van der Waals surface area (Å²) in [5.74, 6) is 1.83. The summed E-state index contributed by atoms with van der Waals surface area (Å²) in [5.41, 5.74) is 4.10. The average Bonchev–Trinajstić information content (AvgIpc) is 3.61. The van der Waals surface area contributed by atoms with Gasteiger partial charge in [-0.15, -0.1) is 0 Å². The molecule has 0 spiro atoms. The number of imidazole rings is 1. The molecule has 5 aromatic rings. The van der Waals surface area contributed by atoms with Crippen LogP contribution >= 0.6 is 0 Å². The maximum atomic E-state index is 14.0. The van der Waals surface area contributed by atoms with Crippen LogP contribution in [0.3, 0.4) is 0 Å². The number of benzene rings is 3. The largest absolute Gasteiger partial charge is 0.497 e. The molecule has 0 radical (unpaired) electrons. The topological polar surface area (TPSA) is 104 Å². The SMILES string of the molecule is COc1ccc(-n2nc(-c3ccc(OC)cc3OC)cc2C(=O)N2CCC(n3c(=O)[nH]c4ccccc43)CC2)cc1. The minimum Gasteiger partial charge on any atom is -0.497 e. The zero-order chi connectivity index (χ0) is 28.5. The van der Waals surface area contributed by atoms with Gasteiger partial charge in [0, 0.05) is 30.8 Å². The monoisotopic (exact) mass is 553 g/mol. The molecule has 3 aromatic carbocycles. The highest BCUT2D eigenvalue weighted by atomic mass is 16.5. The molecule has 1 aliphatic rings. The first kappa shape index (κ1) is 26.2. The van der Waals surface area contributed by atoms with Crippen molar-refractivity contribution in [3.05, 3.63) is 89.0 Å². The molecule has 0 unspecified atom stereocenters. The van der Waals surface area contributed by atoms with E-state index >= 15 is 0 Å². The van der Waals surface area contributed by atoms with E-state index in [9.17, 15) is 9.59 Å². The Labute approximate surface area is 236 Å². The molecular weight excluding hydrogens is 522 g/mol. The molecule has 210 valence electrons. The number of carbonyl (C=O) groups is 1. The Hall–Kier alpha value is -4.99. The number of methoxy groups -OCH3 is 3. The van der Waals surface area contributed by atoms with Gasteiger partial charge in [-0.1, -0.05) is 12.1 Å².